The Labute approximate surface area is 211 Å². The van der Waals surface area contributed by atoms with Crippen LogP contribution in [0.5, 0.6) is 5.75 Å². The minimum atomic E-state index is -3.32. The van der Waals surface area contributed by atoms with Gasteiger partial charge in [-0.1, -0.05) is 6.07 Å². The first-order chi connectivity index (χ1) is 17.5. The number of sulfone groups is 1. The third kappa shape index (κ3) is 6.10. The highest BCUT2D eigenvalue weighted by Gasteiger charge is 2.44. The average molecular weight is 539 g/mol. The highest BCUT2D eigenvalue weighted by molar-refractivity contribution is 7.91. The molecule has 13 heteroatoms. The van der Waals surface area contributed by atoms with E-state index in [2.05, 4.69) is 15.5 Å². The average Bonchev–Trinajstić information content (AvgIpc) is 3.35. The van der Waals surface area contributed by atoms with Gasteiger partial charge in [0.25, 0.3) is 0 Å². The Morgan fingerprint density at radius 3 is 2.54 bits per heavy atom. The number of hydrogen-bond donors (Lipinski definition) is 2. The van der Waals surface area contributed by atoms with E-state index in [0.29, 0.717) is 23.4 Å². The van der Waals surface area contributed by atoms with Crippen LogP contribution < -0.4 is 15.8 Å². The van der Waals surface area contributed by atoms with E-state index in [1.165, 1.54) is 7.11 Å². The van der Waals surface area contributed by atoms with E-state index in [0.717, 1.165) is 0 Å². The van der Waals surface area contributed by atoms with Gasteiger partial charge in [-0.3, -0.25) is 4.79 Å². The van der Waals surface area contributed by atoms with Gasteiger partial charge in [0, 0.05) is 24.1 Å². The monoisotopic (exact) mass is 538 g/mol. The van der Waals surface area contributed by atoms with Crippen molar-refractivity contribution in [3.8, 4) is 17.2 Å². The van der Waals surface area contributed by atoms with Crippen LogP contribution in [0.15, 0.2) is 40.8 Å². The Kier molecular flexibility index (Phi) is 7.55. The number of halogens is 3. The van der Waals surface area contributed by atoms with Crippen molar-refractivity contribution >= 4 is 15.7 Å². The Balaban J connectivity index is 1.53. The molecular formula is C24H25F3N4O5S. The molecule has 0 saturated carbocycles. The maximum atomic E-state index is 14.0. The molecule has 2 heterocycles. The minimum absolute atomic E-state index is 0.00609. The van der Waals surface area contributed by atoms with Crippen LogP contribution in [-0.2, 0) is 26.6 Å². The van der Waals surface area contributed by atoms with Gasteiger partial charge in [-0.25, -0.2) is 21.6 Å². The predicted molar refractivity (Wildman–Crippen MR) is 127 cm³/mol. The largest absolute Gasteiger partial charge is 0.497 e. The summed E-state index contributed by atoms with van der Waals surface area (Å²) in [5.74, 6) is -3.76. The summed E-state index contributed by atoms with van der Waals surface area (Å²) in [6.07, 6.45) is -0.538. The lowest BCUT2D eigenvalue weighted by Gasteiger charge is -2.35. The zero-order chi connectivity index (χ0) is 26.8. The molecule has 1 saturated heterocycles. The van der Waals surface area contributed by atoms with Crippen LogP contribution in [0.1, 0.15) is 30.7 Å². The van der Waals surface area contributed by atoms with Gasteiger partial charge in [-0.15, -0.1) is 10.2 Å². The molecule has 1 fully saturated rings. The number of ether oxygens (including phenoxy) is 1. The van der Waals surface area contributed by atoms with Crippen LogP contribution in [0.3, 0.4) is 0 Å². The normalized spacial score (nSPS) is 17.2. The smallest absolute Gasteiger partial charge is 0.248 e. The highest BCUT2D eigenvalue weighted by atomic mass is 32.2. The van der Waals surface area contributed by atoms with Crippen LogP contribution in [0.25, 0.3) is 11.5 Å². The van der Waals surface area contributed by atoms with Crippen molar-refractivity contribution in [2.45, 2.75) is 37.3 Å². The predicted octanol–water partition coefficient (Wildman–Crippen LogP) is 2.64. The van der Waals surface area contributed by atoms with Gasteiger partial charge in [0.15, 0.2) is 21.5 Å². The topological polar surface area (TPSA) is 137 Å². The SMILES string of the molecule is COc1cccc(-c2nnc(C3(NC(=O)C[C@H](N)Cc4cc(F)c(F)cc4F)CCS(=O)(=O)CC3)o2)c1. The first-order valence-electron chi connectivity index (χ1n) is 11.4. The summed E-state index contributed by atoms with van der Waals surface area (Å²) in [5.41, 5.74) is 5.13. The maximum Gasteiger partial charge on any atom is 0.248 e. The standard InChI is InChI=1S/C24H25F3N4O5S/c1-35-17-4-2-3-14(10-17)22-30-31-23(36-22)24(5-7-37(33,34)8-6-24)29-21(32)12-16(28)9-15-11-19(26)20(27)13-18(15)25/h2-4,10-11,13,16H,5-9,12,28H2,1H3,(H,29,32)/t16-/m1/s1. The van der Waals surface area contributed by atoms with Crippen molar-refractivity contribution in [3.63, 3.8) is 0 Å². The fourth-order valence-corrected chi connectivity index (χ4v) is 5.72. The van der Waals surface area contributed by atoms with Gasteiger partial charge >= 0.3 is 0 Å². The molecule has 0 aliphatic carbocycles. The van der Waals surface area contributed by atoms with Gasteiger partial charge < -0.3 is 20.2 Å². The molecule has 4 rings (SSSR count). The number of nitrogens with one attached hydrogen (secondary N) is 1. The molecule has 0 unspecified atom stereocenters. The van der Waals surface area contributed by atoms with Gasteiger partial charge in [0.2, 0.25) is 17.7 Å². The van der Waals surface area contributed by atoms with Gasteiger partial charge in [-0.05, 0) is 49.1 Å². The molecule has 1 aliphatic heterocycles. The summed E-state index contributed by atoms with van der Waals surface area (Å²) in [6, 6.07) is 7.08. The molecule has 9 nitrogen and oxygen atoms in total. The second kappa shape index (κ2) is 10.5. The van der Waals surface area contributed by atoms with E-state index >= 15 is 0 Å². The van der Waals surface area contributed by atoms with Crippen molar-refractivity contribution in [2.75, 3.05) is 18.6 Å². The zero-order valence-electron chi connectivity index (χ0n) is 19.8. The maximum absolute atomic E-state index is 14.0. The molecular weight excluding hydrogens is 513 g/mol. The number of nitrogens with zero attached hydrogens (tertiary/aromatic N) is 2. The molecule has 1 aliphatic rings. The molecule has 37 heavy (non-hydrogen) atoms. The first-order valence-corrected chi connectivity index (χ1v) is 13.2. The first kappa shape index (κ1) is 26.6. The molecule has 1 atom stereocenters. The molecule has 3 aromatic rings. The number of methoxy groups -OCH3 is 1. The van der Waals surface area contributed by atoms with E-state index in [9.17, 15) is 26.4 Å². The van der Waals surface area contributed by atoms with E-state index in [-0.39, 0.29) is 54.5 Å². The van der Waals surface area contributed by atoms with Crippen LogP contribution in [0.2, 0.25) is 0 Å². The summed E-state index contributed by atoms with van der Waals surface area (Å²) in [6.45, 7) is 0. The van der Waals surface area contributed by atoms with Gasteiger partial charge in [0.1, 0.15) is 17.1 Å². The number of rotatable bonds is 8. The van der Waals surface area contributed by atoms with Crippen LogP contribution in [0, 0.1) is 17.5 Å². The molecule has 0 spiro atoms. The summed E-state index contributed by atoms with van der Waals surface area (Å²) in [4.78, 5) is 12.9. The molecule has 2 aromatic carbocycles. The van der Waals surface area contributed by atoms with E-state index < -0.39 is 44.8 Å². The van der Waals surface area contributed by atoms with E-state index in [4.69, 9.17) is 14.9 Å². The summed E-state index contributed by atoms with van der Waals surface area (Å²) in [5, 5.41) is 11.0. The van der Waals surface area contributed by atoms with Crippen molar-refractivity contribution in [3.05, 3.63) is 65.3 Å². The number of amides is 1. The van der Waals surface area contributed by atoms with E-state index in [1.54, 1.807) is 24.3 Å². The lowest BCUT2D eigenvalue weighted by molar-refractivity contribution is -0.124. The number of carbonyl (C=O) groups excluding carboxylic acids is 1. The van der Waals surface area contributed by atoms with Gasteiger partial charge in [-0.2, -0.15) is 0 Å². The molecule has 0 bridgehead atoms. The van der Waals surface area contributed by atoms with Crippen molar-refractivity contribution < 1.29 is 35.5 Å². The third-order valence-corrected chi connectivity index (χ3v) is 7.88. The Hall–Kier alpha value is -3.45. The molecule has 1 aromatic heterocycles. The second-order valence-electron chi connectivity index (χ2n) is 8.95. The van der Waals surface area contributed by atoms with E-state index in [1.807, 2.05) is 0 Å². The Morgan fingerprint density at radius 2 is 1.84 bits per heavy atom. The summed E-state index contributed by atoms with van der Waals surface area (Å²) >= 11 is 0. The summed E-state index contributed by atoms with van der Waals surface area (Å²) in [7, 11) is -1.81. The fraction of sp³-hybridized carbons (Fsp3) is 0.375. The fourth-order valence-electron chi connectivity index (χ4n) is 4.20. The quantitative estimate of drug-likeness (QED) is 0.418. The number of benzene rings is 2. The highest BCUT2D eigenvalue weighted by Crippen LogP contribution is 2.35. The van der Waals surface area contributed by atoms with Crippen LogP contribution in [0.4, 0.5) is 13.2 Å². The minimum Gasteiger partial charge on any atom is -0.497 e. The summed E-state index contributed by atoms with van der Waals surface area (Å²) < 4.78 is 76.0. The lowest BCUT2D eigenvalue weighted by Crippen LogP contribution is -2.52. The zero-order valence-corrected chi connectivity index (χ0v) is 20.7. The van der Waals surface area contributed by atoms with Crippen molar-refractivity contribution in [1.82, 2.24) is 15.5 Å². The van der Waals surface area contributed by atoms with Crippen LogP contribution in [-0.4, -0.2) is 49.2 Å². The van der Waals surface area contributed by atoms with Gasteiger partial charge in [0.05, 0.1) is 18.6 Å². The number of carbonyl (C=O) groups is 1. The lowest BCUT2D eigenvalue weighted by atomic mass is 9.91. The Bertz CT molecular complexity index is 1400. The second-order valence-corrected chi connectivity index (χ2v) is 11.3. The number of hydrogen-bond acceptors (Lipinski definition) is 8. The third-order valence-electron chi connectivity index (χ3n) is 6.23. The number of aromatic nitrogens is 2. The van der Waals surface area contributed by atoms with Crippen molar-refractivity contribution in [1.29, 1.82) is 0 Å². The molecule has 0 radical (unpaired) electrons. The molecule has 1 amide bonds. The molecule has 198 valence electrons. The number of nitrogens with two attached hydrogens (primary N) is 1. The Morgan fingerprint density at radius 1 is 1.14 bits per heavy atom. The van der Waals surface area contributed by atoms with Crippen LogP contribution >= 0.6 is 0 Å². The molecule has 3 N–H and O–H groups in total. The van der Waals surface area contributed by atoms with Crippen molar-refractivity contribution in [2.24, 2.45) is 5.73 Å².